The number of anilines is 1. The van der Waals surface area contributed by atoms with E-state index in [0.717, 1.165) is 4.31 Å². The number of furan rings is 1. The zero-order valence-electron chi connectivity index (χ0n) is 16.6. The van der Waals surface area contributed by atoms with Gasteiger partial charge in [0, 0.05) is 20.2 Å². The van der Waals surface area contributed by atoms with Crippen LogP contribution < -0.4 is 10.1 Å². The molecule has 0 bridgehead atoms. The fourth-order valence-corrected chi connectivity index (χ4v) is 4.25. The SMILES string of the molecule is Cc1cc2c(cc1S(=O)(=O)N(C)CC(=O)N(C)Cc1ccco1)O[C@@H](C)C(=O)N2. The van der Waals surface area contributed by atoms with Crippen LogP contribution in [0.5, 0.6) is 5.75 Å². The van der Waals surface area contributed by atoms with Gasteiger partial charge in [-0.2, -0.15) is 4.31 Å². The Kier molecular flexibility index (Phi) is 5.67. The molecule has 0 spiro atoms. The molecule has 2 aromatic rings. The highest BCUT2D eigenvalue weighted by atomic mass is 32.2. The predicted octanol–water partition coefficient (Wildman–Crippen LogP) is 1.59. The number of likely N-dealkylation sites (N-methyl/N-ethyl adjacent to an activating group) is 2. The largest absolute Gasteiger partial charge is 0.479 e. The van der Waals surface area contributed by atoms with Crippen LogP contribution >= 0.6 is 0 Å². The summed E-state index contributed by atoms with van der Waals surface area (Å²) in [4.78, 5) is 25.6. The Morgan fingerprint density at radius 3 is 2.66 bits per heavy atom. The lowest BCUT2D eigenvalue weighted by Crippen LogP contribution is -2.39. The molecule has 0 saturated carbocycles. The van der Waals surface area contributed by atoms with Crippen LogP contribution in [-0.2, 0) is 26.2 Å². The van der Waals surface area contributed by atoms with Gasteiger partial charge in [0.1, 0.15) is 11.5 Å². The van der Waals surface area contributed by atoms with E-state index in [1.165, 1.54) is 24.3 Å². The van der Waals surface area contributed by atoms with Gasteiger partial charge in [-0.15, -0.1) is 0 Å². The number of hydrogen-bond acceptors (Lipinski definition) is 6. The average Bonchev–Trinajstić information content (AvgIpc) is 3.15. The summed E-state index contributed by atoms with van der Waals surface area (Å²) in [5.74, 6) is 0.205. The Bertz CT molecular complexity index is 1030. The number of sulfonamides is 1. The van der Waals surface area contributed by atoms with Gasteiger partial charge in [0.05, 0.1) is 29.9 Å². The van der Waals surface area contributed by atoms with Gasteiger partial charge in [-0.1, -0.05) is 0 Å². The van der Waals surface area contributed by atoms with E-state index in [9.17, 15) is 18.0 Å². The summed E-state index contributed by atoms with van der Waals surface area (Å²) >= 11 is 0. The summed E-state index contributed by atoms with van der Waals surface area (Å²) in [6, 6.07) is 6.38. The normalized spacial score (nSPS) is 16.2. The van der Waals surface area contributed by atoms with Gasteiger partial charge in [0.15, 0.2) is 6.10 Å². The second kappa shape index (κ2) is 7.88. The third-order valence-electron chi connectivity index (χ3n) is 4.65. The monoisotopic (exact) mass is 421 g/mol. The number of nitrogens with one attached hydrogen (secondary N) is 1. The smallest absolute Gasteiger partial charge is 0.265 e. The minimum absolute atomic E-state index is 0.0172. The summed E-state index contributed by atoms with van der Waals surface area (Å²) in [6.07, 6.45) is 0.782. The molecular formula is C19H23N3O6S. The highest BCUT2D eigenvalue weighted by Crippen LogP contribution is 2.35. The fraction of sp³-hybridized carbons (Fsp3) is 0.368. The molecule has 1 aromatic carbocycles. The quantitative estimate of drug-likeness (QED) is 0.759. The van der Waals surface area contributed by atoms with Crippen molar-refractivity contribution in [2.75, 3.05) is 26.0 Å². The lowest BCUT2D eigenvalue weighted by molar-refractivity contribution is -0.130. The van der Waals surface area contributed by atoms with Crippen molar-refractivity contribution in [1.82, 2.24) is 9.21 Å². The Balaban J connectivity index is 1.78. The zero-order chi connectivity index (χ0) is 21.3. The number of rotatable bonds is 6. The molecule has 2 amide bonds. The number of fused-ring (bicyclic) bond motifs is 1. The number of ether oxygens (including phenoxy) is 1. The minimum Gasteiger partial charge on any atom is -0.479 e. The van der Waals surface area contributed by atoms with Gasteiger partial charge >= 0.3 is 0 Å². The van der Waals surface area contributed by atoms with Gasteiger partial charge in [-0.3, -0.25) is 9.59 Å². The average molecular weight is 421 g/mol. The van der Waals surface area contributed by atoms with Crippen LogP contribution in [0.25, 0.3) is 0 Å². The number of benzene rings is 1. The van der Waals surface area contributed by atoms with E-state index in [0.29, 0.717) is 17.0 Å². The number of carbonyl (C=O) groups excluding carboxylic acids is 2. The number of aryl methyl sites for hydroxylation is 1. The topological polar surface area (TPSA) is 109 Å². The van der Waals surface area contributed by atoms with E-state index < -0.39 is 16.1 Å². The van der Waals surface area contributed by atoms with E-state index in [1.807, 2.05) is 0 Å². The maximum absolute atomic E-state index is 13.1. The van der Waals surface area contributed by atoms with Crippen molar-refractivity contribution in [2.24, 2.45) is 0 Å². The highest BCUT2D eigenvalue weighted by molar-refractivity contribution is 7.89. The predicted molar refractivity (Wildman–Crippen MR) is 105 cm³/mol. The van der Waals surface area contributed by atoms with E-state index in [2.05, 4.69) is 5.32 Å². The van der Waals surface area contributed by atoms with Crippen molar-refractivity contribution < 1.29 is 27.2 Å². The molecule has 0 unspecified atom stereocenters. The lowest BCUT2D eigenvalue weighted by Gasteiger charge is -2.26. The van der Waals surface area contributed by atoms with Crippen LogP contribution in [0.3, 0.4) is 0 Å². The summed E-state index contributed by atoms with van der Waals surface area (Å²) in [5.41, 5.74) is 0.854. The number of carbonyl (C=O) groups is 2. The molecular weight excluding hydrogens is 398 g/mol. The first kappa shape index (κ1) is 20.9. The maximum Gasteiger partial charge on any atom is 0.265 e. The molecule has 29 heavy (non-hydrogen) atoms. The van der Waals surface area contributed by atoms with Crippen LogP contribution in [-0.4, -0.2) is 56.2 Å². The lowest BCUT2D eigenvalue weighted by atomic mass is 10.1. The number of nitrogens with zero attached hydrogens (tertiary/aromatic N) is 2. The third kappa shape index (κ3) is 4.28. The molecule has 1 aromatic heterocycles. The summed E-state index contributed by atoms with van der Waals surface area (Å²) in [7, 11) is -1.03. The standard InChI is InChI=1S/C19H23N3O6S/c1-12-8-15-16(28-13(2)19(24)20-15)9-17(12)29(25,26)22(4)11-18(23)21(3)10-14-6-5-7-27-14/h5-9,13H,10-11H2,1-4H3,(H,20,24)/t13-/m0/s1. The molecule has 1 aliphatic rings. The molecule has 10 heteroatoms. The van der Waals surface area contributed by atoms with Crippen LogP contribution in [0.2, 0.25) is 0 Å². The fourth-order valence-electron chi connectivity index (χ4n) is 2.91. The van der Waals surface area contributed by atoms with Gasteiger partial charge in [-0.05, 0) is 37.6 Å². The zero-order valence-corrected chi connectivity index (χ0v) is 17.4. The van der Waals surface area contributed by atoms with E-state index >= 15 is 0 Å². The van der Waals surface area contributed by atoms with Crippen molar-refractivity contribution in [3.63, 3.8) is 0 Å². The first-order valence-corrected chi connectivity index (χ1v) is 10.4. The first-order chi connectivity index (χ1) is 13.6. The van der Waals surface area contributed by atoms with Crippen LogP contribution in [0, 0.1) is 6.92 Å². The van der Waals surface area contributed by atoms with Gasteiger partial charge in [-0.25, -0.2) is 8.42 Å². The Morgan fingerprint density at radius 2 is 2.00 bits per heavy atom. The molecule has 3 rings (SSSR count). The van der Waals surface area contributed by atoms with Crippen molar-refractivity contribution in [1.29, 1.82) is 0 Å². The van der Waals surface area contributed by atoms with Crippen molar-refractivity contribution >= 4 is 27.5 Å². The number of amides is 2. The molecule has 0 saturated heterocycles. The first-order valence-electron chi connectivity index (χ1n) is 8.94. The van der Waals surface area contributed by atoms with Gasteiger partial charge < -0.3 is 19.4 Å². The molecule has 1 N–H and O–H groups in total. The number of hydrogen-bond donors (Lipinski definition) is 1. The second-order valence-corrected chi connectivity index (χ2v) is 8.97. The molecule has 2 heterocycles. The van der Waals surface area contributed by atoms with E-state index in [4.69, 9.17) is 9.15 Å². The highest BCUT2D eigenvalue weighted by Gasteiger charge is 2.30. The summed E-state index contributed by atoms with van der Waals surface area (Å²) in [5, 5.41) is 2.68. The summed E-state index contributed by atoms with van der Waals surface area (Å²) < 4.78 is 37.8. The molecule has 1 atom stereocenters. The van der Waals surface area contributed by atoms with E-state index in [1.54, 1.807) is 39.1 Å². The minimum atomic E-state index is -3.96. The molecule has 1 aliphatic heterocycles. The van der Waals surface area contributed by atoms with Gasteiger partial charge in [0.25, 0.3) is 5.91 Å². The molecule has 9 nitrogen and oxygen atoms in total. The Labute approximate surface area is 169 Å². The Morgan fingerprint density at radius 1 is 1.28 bits per heavy atom. The summed E-state index contributed by atoms with van der Waals surface area (Å²) in [6.45, 7) is 3.11. The Hall–Kier alpha value is -2.85. The third-order valence-corrected chi connectivity index (χ3v) is 6.60. The maximum atomic E-state index is 13.1. The van der Waals surface area contributed by atoms with E-state index in [-0.39, 0.29) is 35.5 Å². The van der Waals surface area contributed by atoms with Crippen LogP contribution in [0.15, 0.2) is 39.8 Å². The molecule has 0 fully saturated rings. The van der Waals surface area contributed by atoms with Crippen LogP contribution in [0.4, 0.5) is 5.69 Å². The van der Waals surface area contributed by atoms with Gasteiger partial charge in [0.2, 0.25) is 15.9 Å². The molecule has 0 aliphatic carbocycles. The molecule has 156 valence electrons. The van der Waals surface area contributed by atoms with Crippen molar-refractivity contribution in [2.45, 2.75) is 31.4 Å². The van der Waals surface area contributed by atoms with Crippen molar-refractivity contribution in [3.8, 4) is 5.75 Å². The second-order valence-electron chi connectivity index (χ2n) is 6.95. The molecule has 0 radical (unpaired) electrons. The van der Waals surface area contributed by atoms with Crippen LogP contribution in [0.1, 0.15) is 18.2 Å². The van der Waals surface area contributed by atoms with Crippen molar-refractivity contribution in [3.05, 3.63) is 41.9 Å².